The number of urea groups is 1. The van der Waals surface area contributed by atoms with Gasteiger partial charge in [-0.2, -0.15) is 5.26 Å². The molecule has 0 aromatic heterocycles. The van der Waals surface area contributed by atoms with E-state index < -0.39 is 6.03 Å². The van der Waals surface area contributed by atoms with E-state index in [-0.39, 0.29) is 5.92 Å². The van der Waals surface area contributed by atoms with Gasteiger partial charge < -0.3 is 10.6 Å². The highest BCUT2D eigenvalue weighted by molar-refractivity contribution is 5.73. The van der Waals surface area contributed by atoms with E-state index in [4.69, 9.17) is 11.0 Å². The van der Waals surface area contributed by atoms with Crippen LogP contribution in [0.1, 0.15) is 0 Å². The van der Waals surface area contributed by atoms with Gasteiger partial charge in [0.15, 0.2) is 0 Å². The fourth-order valence-corrected chi connectivity index (χ4v) is 0.740. The smallest absolute Gasteiger partial charge is 0.314 e. The standard InChI is InChI=1S/C5H7N3O/c6-1-4-2-8(3-4)5(7)9/h4H,2-3H2,(H2,7,9). The van der Waals surface area contributed by atoms with Crippen LogP contribution < -0.4 is 5.73 Å². The van der Waals surface area contributed by atoms with Gasteiger partial charge in [0.2, 0.25) is 0 Å². The Morgan fingerprint density at radius 3 is 2.67 bits per heavy atom. The number of nitrogens with two attached hydrogens (primary N) is 1. The van der Waals surface area contributed by atoms with Gasteiger partial charge in [-0.05, 0) is 0 Å². The summed E-state index contributed by atoms with van der Waals surface area (Å²) < 4.78 is 0. The maximum Gasteiger partial charge on any atom is 0.314 e. The van der Waals surface area contributed by atoms with Crippen molar-refractivity contribution in [3.05, 3.63) is 0 Å². The van der Waals surface area contributed by atoms with Gasteiger partial charge in [-0.25, -0.2) is 4.79 Å². The molecule has 1 saturated heterocycles. The molecule has 1 rings (SSSR count). The van der Waals surface area contributed by atoms with Crippen molar-refractivity contribution in [1.29, 1.82) is 5.26 Å². The monoisotopic (exact) mass is 125 g/mol. The molecule has 48 valence electrons. The van der Waals surface area contributed by atoms with Crippen LogP contribution in [0, 0.1) is 17.2 Å². The van der Waals surface area contributed by atoms with Crippen LogP contribution in [0.4, 0.5) is 4.79 Å². The minimum Gasteiger partial charge on any atom is -0.351 e. The van der Waals surface area contributed by atoms with Crippen LogP contribution >= 0.6 is 0 Å². The first-order chi connectivity index (χ1) is 4.24. The zero-order chi connectivity index (χ0) is 6.85. The first-order valence-electron chi connectivity index (χ1n) is 2.68. The van der Waals surface area contributed by atoms with Crippen molar-refractivity contribution in [2.24, 2.45) is 11.7 Å². The van der Waals surface area contributed by atoms with Gasteiger partial charge in [-0.3, -0.25) is 0 Å². The van der Waals surface area contributed by atoms with Crippen LogP contribution in [-0.4, -0.2) is 24.0 Å². The molecule has 0 radical (unpaired) electrons. The lowest BCUT2D eigenvalue weighted by Gasteiger charge is -2.33. The second-order valence-electron chi connectivity index (χ2n) is 2.07. The molecule has 2 amide bonds. The highest BCUT2D eigenvalue weighted by Gasteiger charge is 2.28. The maximum absolute atomic E-state index is 10.3. The number of carbonyl (C=O) groups excluding carboxylic acids is 1. The molecule has 1 aliphatic rings. The number of carbonyl (C=O) groups is 1. The summed E-state index contributed by atoms with van der Waals surface area (Å²) in [5, 5.41) is 8.26. The van der Waals surface area contributed by atoms with E-state index in [1.54, 1.807) is 0 Å². The third-order valence-corrected chi connectivity index (χ3v) is 1.38. The molecule has 1 aliphatic heterocycles. The summed E-state index contributed by atoms with van der Waals surface area (Å²) in [6.07, 6.45) is 0. The van der Waals surface area contributed by atoms with Gasteiger partial charge in [-0.1, -0.05) is 0 Å². The zero-order valence-electron chi connectivity index (χ0n) is 4.87. The fraction of sp³-hybridized carbons (Fsp3) is 0.600. The molecule has 0 bridgehead atoms. The summed E-state index contributed by atoms with van der Waals surface area (Å²) in [6, 6.07) is 1.61. The molecule has 1 fully saturated rings. The Balaban J connectivity index is 2.29. The average Bonchev–Trinajstić information content (AvgIpc) is 1.61. The van der Waals surface area contributed by atoms with Gasteiger partial charge >= 0.3 is 6.03 Å². The molecule has 2 N–H and O–H groups in total. The predicted molar refractivity (Wildman–Crippen MR) is 30.3 cm³/mol. The molecular weight excluding hydrogens is 118 g/mol. The second kappa shape index (κ2) is 1.94. The molecule has 0 aromatic rings. The Kier molecular flexibility index (Phi) is 1.27. The molecule has 9 heavy (non-hydrogen) atoms. The molecule has 0 spiro atoms. The Morgan fingerprint density at radius 1 is 1.78 bits per heavy atom. The van der Waals surface area contributed by atoms with Crippen molar-refractivity contribution in [1.82, 2.24) is 4.90 Å². The molecule has 4 heteroatoms. The number of nitrogens with zero attached hydrogens (tertiary/aromatic N) is 2. The first-order valence-corrected chi connectivity index (χ1v) is 2.68. The Morgan fingerprint density at radius 2 is 2.33 bits per heavy atom. The SMILES string of the molecule is N#CC1CN(C(N)=O)C1. The molecule has 0 aliphatic carbocycles. The molecule has 4 nitrogen and oxygen atoms in total. The zero-order valence-corrected chi connectivity index (χ0v) is 4.87. The lowest BCUT2D eigenvalue weighted by atomic mass is 10.0. The van der Waals surface area contributed by atoms with E-state index in [2.05, 4.69) is 0 Å². The number of likely N-dealkylation sites (tertiary alicyclic amines) is 1. The van der Waals surface area contributed by atoms with E-state index in [0.717, 1.165) is 0 Å². The van der Waals surface area contributed by atoms with Crippen molar-refractivity contribution in [2.45, 2.75) is 0 Å². The topological polar surface area (TPSA) is 70.1 Å². The minimum absolute atomic E-state index is 0.0116. The Labute approximate surface area is 52.8 Å². The van der Waals surface area contributed by atoms with E-state index in [9.17, 15) is 4.79 Å². The number of amides is 2. The molecule has 0 unspecified atom stereocenters. The van der Waals surface area contributed by atoms with Crippen LogP contribution in [0.25, 0.3) is 0 Å². The molecule has 0 aromatic carbocycles. The van der Waals surface area contributed by atoms with E-state index in [0.29, 0.717) is 13.1 Å². The number of hydrogen-bond donors (Lipinski definition) is 1. The largest absolute Gasteiger partial charge is 0.351 e. The predicted octanol–water partition coefficient (Wildman–Crippen LogP) is -0.480. The van der Waals surface area contributed by atoms with Gasteiger partial charge in [0, 0.05) is 13.1 Å². The summed E-state index contributed by atoms with van der Waals surface area (Å²) in [4.78, 5) is 11.7. The van der Waals surface area contributed by atoms with Crippen LogP contribution in [-0.2, 0) is 0 Å². The van der Waals surface area contributed by atoms with Gasteiger partial charge in [-0.15, -0.1) is 0 Å². The number of rotatable bonds is 0. The highest BCUT2D eigenvalue weighted by Crippen LogP contribution is 2.12. The second-order valence-corrected chi connectivity index (χ2v) is 2.07. The average molecular weight is 125 g/mol. The molecule has 0 saturated carbocycles. The molecular formula is C5H7N3O. The van der Waals surface area contributed by atoms with E-state index >= 15 is 0 Å². The van der Waals surface area contributed by atoms with Crippen LogP contribution in [0.3, 0.4) is 0 Å². The van der Waals surface area contributed by atoms with Crippen molar-refractivity contribution in [3.8, 4) is 6.07 Å². The van der Waals surface area contributed by atoms with Gasteiger partial charge in [0.25, 0.3) is 0 Å². The quantitative estimate of drug-likeness (QED) is 0.475. The van der Waals surface area contributed by atoms with Crippen molar-refractivity contribution in [2.75, 3.05) is 13.1 Å². The van der Waals surface area contributed by atoms with Crippen molar-refractivity contribution in [3.63, 3.8) is 0 Å². The van der Waals surface area contributed by atoms with Gasteiger partial charge in [0.05, 0.1) is 12.0 Å². The Bertz CT molecular complexity index is 166. The third kappa shape index (κ3) is 0.941. The van der Waals surface area contributed by atoms with Crippen LogP contribution in [0.15, 0.2) is 0 Å². The van der Waals surface area contributed by atoms with Crippen LogP contribution in [0.5, 0.6) is 0 Å². The summed E-state index contributed by atoms with van der Waals surface area (Å²) >= 11 is 0. The van der Waals surface area contributed by atoms with E-state index in [1.807, 2.05) is 6.07 Å². The van der Waals surface area contributed by atoms with Gasteiger partial charge in [0.1, 0.15) is 0 Å². The summed E-state index contributed by atoms with van der Waals surface area (Å²) in [5.41, 5.74) is 4.89. The highest BCUT2D eigenvalue weighted by atomic mass is 16.2. The summed E-state index contributed by atoms with van der Waals surface area (Å²) in [7, 11) is 0. The van der Waals surface area contributed by atoms with Crippen molar-refractivity contribution >= 4 is 6.03 Å². The summed E-state index contributed by atoms with van der Waals surface area (Å²) in [5.74, 6) is 0.0116. The molecule has 1 heterocycles. The number of hydrogen-bond acceptors (Lipinski definition) is 2. The Hall–Kier alpha value is -1.24. The lowest BCUT2D eigenvalue weighted by molar-refractivity contribution is 0.152. The normalized spacial score (nSPS) is 18.3. The number of nitriles is 1. The fourth-order valence-electron chi connectivity index (χ4n) is 0.740. The third-order valence-electron chi connectivity index (χ3n) is 1.38. The minimum atomic E-state index is -0.429. The lowest BCUT2D eigenvalue weighted by Crippen LogP contribution is -2.51. The maximum atomic E-state index is 10.3. The summed E-state index contributed by atoms with van der Waals surface area (Å²) in [6.45, 7) is 1.01. The number of primary amides is 1. The molecule has 0 atom stereocenters. The van der Waals surface area contributed by atoms with E-state index in [1.165, 1.54) is 4.90 Å². The first kappa shape index (κ1) is 5.89. The van der Waals surface area contributed by atoms with Crippen molar-refractivity contribution < 1.29 is 4.79 Å². The van der Waals surface area contributed by atoms with Crippen LogP contribution in [0.2, 0.25) is 0 Å².